The van der Waals surface area contributed by atoms with Gasteiger partial charge in [0.25, 0.3) is 0 Å². The SMILES string of the molecule is Cl.Cl.c1ccc(CN2CNCN(Cc3ccccc3)C2)cc1. The molecule has 22 heavy (non-hydrogen) atoms. The molecule has 0 aromatic heterocycles. The van der Waals surface area contributed by atoms with E-state index in [0.29, 0.717) is 0 Å². The van der Waals surface area contributed by atoms with Crippen LogP contribution in [0, 0.1) is 0 Å². The Hall–Kier alpha value is -1.10. The molecule has 1 aliphatic heterocycles. The van der Waals surface area contributed by atoms with Gasteiger partial charge >= 0.3 is 0 Å². The zero-order valence-corrected chi connectivity index (χ0v) is 14.2. The number of nitrogens with zero attached hydrogens (tertiary/aromatic N) is 2. The molecule has 0 spiro atoms. The van der Waals surface area contributed by atoms with E-state index in [4.69, 9.17) is 0 Å². The standard InChI is InChI=1S/C17H21N3.2ClH/c1-3-7-16(8-4-1)11-19-13-18-14-20(15-19)12-17-9-5-2-6-10-17;;/h1-10,18H,11-15H2;2*1H. The number of benzene rings is 2. The number of halogens is 2. The van der Waals surface area contributed by atoms with Gasteiger partial charge in [-0.05, 0) is 11.1 Å². The third-order valence-electron chi connectivity index (χ3n) is 3.57. The van der Waals surface area contributed by atoms with E-state index in [1.165, 1.54) is 11.1 Å². The lowest BCUT2D eigenvalue weighted by atomic mass is 10.2. The predicted molar refractivity (Wildman–Crippen MR) is 96.2 cm³/mol. The molecule has 1 aliphatic rings. The summed E-state index contributed by atoms with van der Waals surface area (Å²) in [5.74, 6) is 0. The molecule has 0 unspecified atom stereocenters. The van der Waals surface area contributed by atoms with Gasteiger partial charge < -0.3 is 0 Å². The molecule has 3 rings (SSSR count). The lowest BCUT2D eigenvalue weighted by Crippen LogP contribution is -2.52. The van der Waals surface area contributed by atoms with Crippen molar-refractivity contribution in [2.45, 2.75) is 13.1 Å². The number of rotatable bonds is 4. The fourth-order valence-electron chi connectivity index (χ4n) is 2.64. The van der Waals surface area contributed by atoms with E-state index >= 15 is 0 Å². The monoisotopic (exact) mass is 339 g/mol. The second-order valence-electron chi connectivity index (χ2n) is 5.34. The molecule has 0 bridgehead atoms. The van der Waals surface area contributed by atoms with E-state index in [9.17, 15) is 0 Å². The summed E-state index contributed by atoms with van der Waals surface area (Å²) in [6, 6.07) is 21.3. The van der Waals surface area contributed by atoms with Gasteiger partial charge in [-0.15, -0.1) is 24.8 Å². The minimum Gasteiger partial charge on any atom is -0.291 e. The normalized spacial score (nSPS) is 15.6. The van der Waals surface area contributed by atoms with Gasteiger partial charge in [-0.3, -0.25) is 15.1 Å². The molecule has 0 amide bonds. The fourth-order valence-corrected chi connectivity index (χ4v) is 2.64. The van der Waals surface area contributed by atoms with E-state index in [2.05, 4.69) is 75.8 Å². The highest BCUT2D eigenvalue weighted by Gasteiger charge is 2.16. The van der Waals surface area contributed by atoms with Crippen LogP contribution in [-0.4, -0.2) is 29.8 Å². The quantitative estimate of drug-likeness (QED) is 0.921. The second-order valence-corrected chi connectivity index (χ2v) is 5.34. The Labute approximate surface area is 145 Å². The van der Waals surface area contributed by atoms with Crippen molar-refractivity contribution in [3.63, 3.8) is 0 Å². The molecule has 2 aromatic carbocycles. The van der Waals surface area contributed by atoms with E-state index in [0.717, 1.165) is 33.1 Å². The van der Waals surface area contributed by atoms with Crippen molar-refractivity contribution in [2.75, 3.05) is 20.0 Å². The summed E-state index contributed by atoms with van der Waals surface area (Å²) in [4.78, 5) is 4.86. The average molecular weight is 340 g/mol. The van der Waals surface area contributed by atoms with Crippen molar-refractivity contribution in [2.24, 2.45) is 0 Å². The molecule has 1 fully saturated rings. The number of hydrogen-bond acceptors (Lipinski definition) is 3. The van der Waals surface area contributed by atoms with E-state index in [-0.39, 0.29) is 24.8 Å². The Morgan fingerprint density at radius 1 is 0.682 bits per heavy atom. The van der Waals surface area contributed by atoms with Crippen molar-refractivity contribution < 1.29 is 0 Å². The highest BCUT2D eigenvalue weighted by Crippen LogP contribution is 2.10. The van der Waals surface area contributed by atoms with Crippen molar-refractivity contribution in [3.8, 4) is 0 Å². The summed E-state index contributed by atoms with van der Waals surface area (Å²) in [6.07, 6.45) is 0. The maximum absolute atomic E-state index is 3.48. The van der Waals surface area contributed by atoms with Crippen LogP contribution in [0.15, 0.2) is 60.7 Å². The van der Waals surface area contributed by atoms with Gasteiger partial charge in [0, 0.05) is 13.1 Å². The molecular formula is C17H23Cl2N3. The van der Waals surface area contributed by atoms with Gasteiger partial charge in [0.1, 0.15) is 0 Å². The van der Waals surface area contributed by atoms with Gasteiger partial charge in [-0.2, -0.15) is 0 Å². The van der Waals surface area contributed by atoms with Crippen LogP contribution in [0.25, 0.3) is 0 Å². The molecule has 2 aromatic rings. The van der Waals surface area contributed by atoms with Gasteiger partial charge in [0.05, 0.1) is 20.0 Å². The second kappa shape index (κ2) is 9.82. The van der Waals surface area contributed by atoms with Crippen molar-refractivity contribution in [1.82, 2.24) is 15.1 Å². The Balaban J connectivity index is 0.00000121. The number of nitrogens with one attached hydrogen (secondary N) is 1. The summed E-state index contributed by atoms with van der Waals surface area (Å²) >= 11 is 0. The molecule has 3 nitrogen and oxygen atoms in total. The third kappa shape index (κ3) is 5.59. The molecular weight excluding hydrogens is 317 g/mol. The van der Waals surface area contributed by atoms with Crippen LogP contribution in [-0.2, 0) is 13.1 Å². The Morgan fingerprint density at radius 2 is 1.09 bits per heavy atom. The molecule has 0 radical (unpaired) electrons. The van der Waals surface area contributed by atoms with Gasteiger partial charge in [0.2, 0.25) is 0 Å². The van der Waals surface area contributed by atoms with Crippen molar-refractivity contribution in [1.29, 1.82) is 0 Å². The average Bonchev–Trinajstić information content (AvgIpc) is 2.50. The van der Waals surface area contributed by atoms with Crippen LogP contribution in [0.3, 0.4) is 0 Å². The maximum atomic E-state index is 3.48. The van der Waals surface area contributed by atoms with Crippen molar-refractivity contribution >= 4 is 24.8 Å². The molecule has 0 atom stereocenters. The van der Waals surface area contributed by atoms with Crippen LogP contribution in [0.1, 0.15) is 11.1 Å². The van der Waals surface area contributed by atoms with Crippen LogP contribution >= 0.6 is 24.8 Å². The predicted octanol–water partition coefficient (Wildman–Crippen LogP) is 3.31. The smallest absolute Gasteiger partial charge is 0.0536 e. The Kier molecular flexibility index (Phi) is 8.46. The van der Waals surface area contributed by atoms with E-state index in [1.54, 1.807) is 0 Å². The molecule has 1 saturated heterocycles. The third-order valence-corrected chi connectivity index (χ3v) is 3.57. The summed E-state index contributed by atoms with van der Waals surface area (Å²) in [7, 11) is 0. The summed E-state index contributed by atoms with van der Waals surface area (Å²) < 4.78 is 0. The molecule has 5 heteroatoms. The topological polar surface area (TPSA) is 18.5 Å². The zero-order valence-electron chi connectivity index (χ0n) is 12.5. The highest BCUT2D eigenvalue weighted by molar-refractivity contribution is 5.85. The fraction of sp³-hybridized carbons (Fsp3) is 0.294. The largest absolute Gasteiger partial charge is 0.291 e. The molecule has 120 valence electrons. The first-order valence-electron chi connectivity index (χ1n) is 7.13. The molecule has 0 saturated carbocycles. The first kappa shape index (κ1) is 18.9. The van der Waals surface area contributed by atoms with Gasteiger partial charge in [0.15, 0.2) is 0 Å². The van der Waals surface area contributed by atoms with E-state index in [1.807, 2.05) is 0 Å². The van der Waals surface area contributed by atoms with Crippen LogP contribution in [0.4, 0.5) is 0 Å². The van der Waals surface area contributed by atoms with Crippen LogP contribution < -0.4 is 5.32 Å². The minimum absolute atomic E-state index is 0. The van der Waals surface area contributed by atoms with Crippen LogP contribution in [0.2, 0.25) is 0 Å². The summed E-state index contributed by atoms with van der Waals surface area (Å²) in [5.41, 5.74) is 2.74. The molecule has 1 N–H and O–H groups in total. The highest BCUT2D eigenvalue weighted by atomic mass is 35.5. The molecule has 0 aliphatic carbocycles. The van der Waals surface area contributed by atoms with E-state index < -0.39 is 0 Å². The van der Waals surface area contributed by atoms with Gasteiger partial charge in [-0.1, -0.05) is 60.7 Å². The van der Waals surface area contributed by atoms with Gasteiger partial charge in [-0.25, -0.2) is 0 Å². The lowest BCUT2D eigenvalue weighted by molar-refractivity contribution is 0.0545. The van der Waals surface area contributed by atoms with Crippen molar-refractivity contribution in [3.05, 3.63) is 71.8 Å². The number of hydrogen-bond donors (Lipinski definition) is 1. The minimum atomic E-state index is 0. The Bertz CT molecular complexity index is 474. The molecule has 1 heterocycles. The van der Waals surface area contributed by atoms with Crippen LogP contribution in [0.5, 0.6) is 0 Å². The summed E-state index contributed by atoms with van der Waals surface area (Å²) in [5, 5.41) is 3.48. The lowest BCUT2D eigenvalue weighted by Gasteiger charge is -2.36. The maximum Gasteiger partial charge on any atom is 0.0536 e. The first-order chi connectivity index (χ1) is 9.90. The summed E-state index contributed by atoms with van der Waals surface area (Å²) in [6.45, 7) is 4.93. The first-order valence-corrected chi connectivity index (χ1v) is 7.13. The zero-order chi connectivity index (χ0) is 13.6. The Morgan fingerprint density at radius 3 is 1.50 bits per heavy atom.